The SMILES string of the molecule is CC(C)c1ccc(N2C(=O)CSC2c2cccc(NC(=O)c3ccccc3Cl)c2)cc1. The lowest BCUT2D eigenvalue weighted by Crippen LogP contribution is -2.27. The Labute approximate surface area is 191 Å². The van der Waals surface area contributed by atoms with Crippen LogP contribution in [-0.4, -0.2) is 17.6 Å². The number of carbonyl (C=O) groups is 2. The van der Waals surface area contributed by atoms with Gasteiger partial charge in [-0.2, -0.15) is 0 Å². The largest absolute Gasteiger partial charge is 0.322 e. The summed E-state index contributed by atoms with van der Waals surface area (Å²) in [6, 6.07) is 22.7. The molecule has 3 aromatic carbocycles. The standard InChI is InChI=1S/C25H23ClN2O2S/c1-16(2)17-10-12-20(13-11-17)28-23(29)15-31-25(28)18-6-5-7-19(14-18)27-24(30)21-8-3-4-9-22(21)26/h3-14,16,25H,15H2,1-2H3,(H,27,30). The summed E-state index contributed by atoms with van der Waals surface area (Å²) < 4.78 is 0. The molecule has 1 fully saturated rings. The van der Waals surface area contributed by atoms with Gasteiger partial charge in [0.2, 0.25) is 5.91 Å². The van der Waals surface area contributed by atoms with Gasteiger partial charge in [0.05, 0.1) is 16.3 Å². The van der Waals surface area contributed by atoms with Crippen LogP contribution in [0.25, 0.3) is 0 Å². The Morgan fingerprint density at radius 3 is 2.52 bits per heavy atom. The number of carbonyl (C=O) groups excluding carboxylic acids is 2. The highest BCUT2D eigenvalue weighted by Gasteiger charge is 2.34. The van der Waals surface area contributed by atoms with Gasteiger partial charge in [-0.15, -0.1) is 11.8 Å². The Kier molecular flexibility index (Phi) is 6.35. The molecule has 1 unspecified atom stereocenters. The molecule has 0 bridgehead atoms. The van der Waals surface area contributed by atoms with Crippen LogP contribution in [-0.2, 0) is 4.79 Å². The molecule has 6 heteroatoms. The van der Waals surface area contributed by atoms with Crippen LogP contribution in [0.5, 0.6) is 0 Å². The number of hydrogen-bond acceptors (Lipinski definition) is 3. The van der Waals surface area contributed by atoms with Crippen LogP contribution >= 0.6 is 23.4 Å². The predicted octanol–water partition coefficient (Wildman–Crippen LogP) is 6.49. The minimum Gasteiger partial charge on any atom is -0.322 e. The zero-order valence-electron chi connectivity index (χ0n) is 17.3. The molecule has 158 valence electrons. The van der Waals surface area contributed by atoms with Gasteiger partial charge >= 0.3 is 0 Å². The number of thioether (sulfide) groups is 1. The van der Waals surface area contributed by atoms with E-state index in [0.717, 1.165) is 11.3 Å². The van der Waals surface area contributed by atoms with Crippen molar-refractivity contribution in [3.05, 3.63) is 94.5 Å². The molecule has 3 aromatic rings. The third-order valence-electron chi connectivity index (χ3n) is 5.25. The van der Waals surface area contributed by atoms with Crippen LogP contribution in [0.3, 0.4) is 0 Å². The Bertz CT molecular complexity index is 1110. The maximum absolute atomic E-state index is 12.7. The molecule has 0 aromatic heterocycles. The highest BCUT2D eigenvalue weighted by Crippen LogP contribution is 2.42. The second-order valence-corrected chi connectivity index (χ2v) is 9.21. The molecule has 1 atom stereocenters. The third-order valence-corrected chi connectivity index (χ3v) is 6.80. The van der Waals surface area contributed by atoms with E-state index in [1.165, 1.54) is 5.56 Å². The fourth-order valence-electron chi connectivity index (χ4n) is 3.58. The normalized spacial score (nSPS) is 16.1. The van der Waals surface area contributed by atoms with Gasteiger partial charge in [-0.05, 0) is 53.4 Å². The summed E-state index contributed by atoms with van der Waals surface area (Å²) in [5.41, 5.74) is 4.17. The van der Waals surface area contributed by atoms with E-state index in [1.54, 1.807) is 36.0 Å². The van der Waals surface area contributed by atoms with E-state index in [-0.39, 0.29) is 17.2 Å². The third kappa shape index (κ3) is 4.63. The van der Waals surface area contributed by atoms with Crippen LogP contribution in [0, 0.1) is 0 Å². The number of rotatable bonds is 5. The maximum Gasteiger partial charge on any atom is 0.257 e. The molecule has 0 radical (unpaired) electrons. The van der Waals surface area contributed by atoms with E-state index in [4.69, 9.17) is 11.6 Å². The first-order valence-electron chi connectivity index (χ1n) is 10.1. The van der Waals surface area contributed by atoms with Crippen molar-refractivity contribution in [1.82, 2.24) is 0 Å². The lowest BCUT2D eigenvalue weighted by Gasteiger charge is -2.25. The van der Waals surface area contributed by atoms with E-state index in [0.29, 0.717) is 27.9 Å². The van der Waals surface area contributed by atoms with E-state index in [1.807, 2.05) is 41.3 Å². The number of benzene rings is 3. The molecule has 0 spiro atoms. The summed E-state index contributed by atoms with van der Waals surface area (Å²) in [7, 11) is 0. The zero-order chi connectivity index (χ0) is 22.0. The lowest BCUT2D eigenvalue weighted by molar-refractivity contribution is -0.115. The number of nitrogens with zero attached hydrogens (tertiary/aromatic N) is 1. The van der Waals surface area contributed by atoms with Crippen molar-refractivity contribution in [2.75, 3.05) is 16.0 Å². The van der Waals surface area contributed by atoms with E-state index >= 15 is 0 Å². The number of hydrogen-bond donors (Lipinski definition) is 1. The van der Waals surface area contributed by atoms with Crippen LogP contribution in [0.1, 0.15) is 46.6 Å². The molecule has 1 aliphatic rings. The summed E-state index contributed by atoms with van der Waals surface area (Å²) in [5.74, 6) is 0.677. The highest BCUT2D eigenvalue weighted by molar-refractivity contribution is 8.00. The minimum absolute atomic E-state index is 0.0813. The van der Waals surface area contributed by atoms with Gasteiger partial charge < -0.3 is 5.32 Å². The minimum atomic E-state index is -0.265. The van der Waals surface area contributed by atoms with Gasteiger partial charge in [-0.25, -0.2) is 0 Å². The Morgan fingerprint density at radius 1 is 1.06 bits per heavy atom. The molecule has 0 aliphatic carbocycles. The van der Waals surface area contributed by atoms with Crippen LogP contribution in [0.4, 0.5) is 11.4 Å². The van der Waals surface area contributed by atoms with Gasteiger partial charge in [0.25, 0.3) is 5.91 Å². The summed E-state index contributed by atoms with van der Waals surface area (Å²) in [6.07, 6.45) is 0. The average Bonchev–Trinajstić information content (AvgIpc) is 3.15. The molecule has 0 saturated carbocycles. The van der Waals surface area contributed by atoms with E-state index in [2.05, 4.69) is 31.3 Å². The summed E-state index contributed by atoms with van der Waals surface area (Å²) in [6.45, 7) is 4.30. The fourth-order valence-corrected chi connectivity index (χ4v) is 4.97. The van der Waals surface area contributed by atoms with Crippen molar-refractivity contribution in [3.63, 3.8) is 0 Å². The summed E-state index contributed by atoms with van der Waals surface area (Å²) in [5, 5.41) is 3.18. The van der Waals surface area contributed by atoms with E-state index < -0.39 is 0 Å². The fraction of sp³-hybridized carbons (Fsp3) is 0.200. The number of nitrogens with one attached hydrogen (secondary N) is 1. The topological polar surface area (TPSA) is 49.4 Å². The predicted molar refractivity (Wildman–Crippen MR) is 129 cm³/mol. The highest BCUT2D eigenvalue weighted by atomic mass is 35.5. The molecule has 31 heavy (non-hydrogen) atoms. The van der Waals surface area contributed by atoms with Crippen LogP contribution in [0.2, 0.25) is 5.02 Å². The molecule has 2 amide bonds. The number of halogens is 1. The molecule has 1 aliphatic heterocycles. The Hall–Kier alpha value is -2.76. The van der Waals surface area contributed by atoms with E-state index in [9.17, 15) is 9.59 Å². The molecular weight excluding hydrogens is 428 g/mol. The summed E-state index contributed by atoms with van der Waals surface area (Å²) in [4.78, 5) is 27.1. The molecular formula is C25H23ClN2O2S. The van der Waals surface area contributed by atoms with Crippen molar-refractivity contribution in [2.24, 2.45) is 0 Å². The van der Waals surface area contributed by atoms with Crippen molar-refractivity contribution in [1.29, 1.82) is 0 Å². The molecule has 1 saturated heterocycles. The van der Waals surface area contributed by atoms with Crippen LogP contribution < -0.4 is 10.2 Å². The zero-order valence-corrected chi connectivity index (χ0v) is 18.9. The molecule has 4 rings (SSSR count). The number of amides is 2. The summed E-state index contributed by atoms with van der Waals surface area (Å²) >= 11 is 7.73. The first kappa shape index (κ1) is 21.5. The van der Waals surface area contributed by atoms with Gasteiger partial charge in [-0.1, -0.05) is 61.8 Å². The first-order valence-corrected chi connectivity index (χ1v) is 11.6. The second-order valence-electron chi connectivity index (χ2n) is 7.73. The van der Waals surface area contributed by atoms with Gasteiger partial charge in [0.1, 0.15) is 5.37 Å². The second kappa shape index (κ2) is 9.16. The van der Waals surface area contributed by atoms with Gasteiger partial charge in [0.15, 0.2) is 0 Å². The lowest BCUT2D eigenvalue weighted by atomic mass is 10.0. The quantitative estimate of drug-likeness (QED) is 0.483. The average molecular weight is 451 g/mol. The Balaban J connectivity index is 1.58. The molecule has 1 heterocycles. The first-order chi connectivity index (χ1) is 14.9. The monoisotopic (exact) mass is 450 g/mol. The molecule has 1 N–H and O–H groups in total. The van der Waals surface area contributed by atoms with Crippen molar-refractivity contribution in [3.8, 4) is 0 Å². The maximum atomic E-state index is 12.7. The van der Waals surface area contributed by atoms with Gasteiger partial charge in [-0.3, -0.25) is 14.5 Å². The Morgan fingerprint density at radius 2 is 1.81 bits per heavy atom. The number of anilines is 2. The van der Waals surface area contributed by atoms with Crippen molar-refractivity contribution < 1.29 is 9.59 Å². The van der Waals surface area contributed by atoms with Crippen molar-refractivity contribution in [2.45, 2.75) is 25.1 Å². The van der Waals surface area contributed by atoms with Gasteiger partial charge in [0, 0.05) is 11.4 Å². The van der Waals surface area contributed by atoms with Crippen molar-refractivity contribution >= 4 is 46.6 Å². The van der Waals surface area contributed by atoms with Crippen LogP contribution in [0.15, 0.2) is 72.8 Å². The smallest absolute Gasteiger partial charge is 0.257 e. The molecule has 4 nitrogen and oxygen atoms in total.